The summed E-state index contributed by atoms with van der Waals surface area (Å²) in [5.74, 6) is -1.31. The highest BCUT2D eigenvalue weighted by Gasteiger charge is 2.19. The second-order valence-electron chi connectivity index (χ2n) is 2.22. The first-order valence-electron chi connectivity index (χ1n) is 3.19. The standard InChI is InChI=1S/C7H4BrNO4/c8-4-1-2-6(9(12)13)5(3-4)7(10)11/h1-3H,(H,10,11). The molecule has 0 saturated carbocycles. The van der Waals surface area contributed by atoms with E-state index in [1.807, 2.05) is 0 Å². The third-order valence-corrected chi connectivity index (χ3v) is 1.88. The van der Waals surface area contributed by atoms with Gasteiger partial charge < -0.3 is 5.11 Å². The highest BCUT2D eigenvalue weighted by molar-refractivity contribution is 9.10. The largest absolute Gasteiger partial charge is 0.477 e. The number of hydrogen-bond donors (Lipinski definition) is 1. The molecule has 0 unspecified atom stereocenters. The number of hydrogen-bond acceptors (Lipinski definition) is 3. The number of rotatable bonds is 2. The molecule has 0 fully saturated rings. The summed E-state index contributed by atoms with van der Waals surface area (Å²) in [6.07, 6.45) is 0. The maximum Gasteiger partial charge on any atom is 0.342 e. The third kappa shape index (κ3) is 2.03. The molecule has 0 aliphatic carbocycles. The maximum atomic E-state index is 10.6. The van der Waals surface area contributed by atoms with Crippen molar-refractivity contribution in [3.05, 3.63) is 38.3 Å². The van der Waals surface area contributed by atoms with Crippen LogP contribution in [0.25, 0.3) is 0 Å². The summed E-state index contributed by atoms with van der Waals surface area (Å²) in [4.78, 5) is 20.2. The molecule has 0 aliphatic heterocycles. The molecule has 0 bridgehead atoms. The number of nitro benzene ring substituents is 1. The van der Waals surface area contributed by atoms with Gasteiger partial charge in [-0.1, -0.05) is 15.9 Å². The summed E-state index contributed by atoms with van der Waals surface area (Å²) in [7, 11) is 0. The van der Waals surface area contributed by atoms with Gasteiger partial charge in [-0.15, -0.1) is 0 Å². The molecular weight excluding hydrogens is 242 g/mol. The summed E-state index contributed by atoms with van der Waals surface area (Å²) in [5, 5.41) is 19.0. The second-order valence-corrected chi connectivity index (χ2v) is 3.14. The summed E-state index contributed by atoms with van der Waals surface area (Å²) < 4.78 is 0.496. The fourth-order valence-corrected chi connectivity index (χ4v) is 1.20. The third-order valence-electron chi connectivity index (χ3n) is 1.39. The SMILES string of the molecule is O=C(O)c1cc(Br)ccc1[N+](=O)[O-]. The Morgan fingerprint density at radius 3 is 2.62 bits per heavy atom. The Kier molecular flexibility index (Phi) is 2.62. The molecule has 13 heavy (non-hydrogen) atoms. The summed E-state index contributed by atoms with van der Waals surface area (Å²) in [6, 6.07) is 3.76. The van der Waals surface area contributed by atoms with Crippen molar-refractivity contribution in [3.63, 3.8) is 0 Å². The molecule has 0 spiro atoms. The lowest BCUT2D eigenvalue weighted by atomic mass is 10.2. The number of carbonyl (C=O) groups is 1. The van der Waals surface area contributed by atoms with Crippen LogP contribution in [0.2, 0.25) is 0 Å². The first-order valence-corrected chi connectivity index (χ1v) is 3.99. The van der Waals surface area contributed by atoms with Crippen LogP contribution in [-0.4, -0.2) is 16.0 Å². The lowest BCUT2D eigenvalue weighted by molar-refractivity contribution is -0.385. The van der Waals surface area contributed by atoms with Crippen molar-refractivity contribution >= 4 is 27.6 Å². The molecule has 1 N–H and O–H groups in total. The van der Waals surface area contributed by atoms with Gasteiger partial charge in [0.05, 0.1) is 4.92 Å². The normalized spacial score (nSPS) is 9.62. The molecule has 1 rings (SSSR count). The number of nitro groups is 1. The van der Waals surface area contributed by atoms with Gasteiger partial charge in [-0.25, -0.2) is 4.79 Å². The van der Waals surface area contributed by atoms with Crippen molar-refractivity contribution in [3.8, 4) is 0 Å². The van der Waals surface area contributed by atoms with E-state index in [0.717, 1.165) is 6.07 Å². The smallest absolute Gasteiger partial charge is 0.342 e. The van der Waals surface area contributed by atoms with Gasteiger partial charge in [-0.2, -0.15) is 0 Å². The van der Waals surface area contributed by atoms with E-state index < -0.39 is 16.6 Å². The van der Waals surface area contributed by atoms with E-state index in [9.17, 15) is 14.9 Å². The van der Waals surface area contributed by atoms with Gasteiger partial charge in [-0.3, -0.25) is 10.1 Å². The molecule has 68 valence electrons. The Hall–Kier alpha value is -1.43. The zero-order valence-electron chi connectivity index (χ0n) is 6.23. The lowest BCUT2D eigenvalue weighted by Gasteiger charge is -1.97. The molecule has 1 aromatic rings. The van der Waals surface area contributed by atoms with Crippen LogP contribution in [0.4, 0.5) is 5.69 Å². The van der Waals surface area contributed by atoms with Gasteiger partial charge in [-0.05, 0) is 12.1 Å². The molecule has 0 amide bonds. The topological polar surface area (TPSA) is 80.4 Å². The lowest BCUT2D eigenvalue weighted by Crippen LogP contribution is -2.02. The van der Waals surface area contributed by atoms with E-state index in [1.54, 1.807) is 0 Å². The number of aromatic carboxylic acids is 1. The van der Waals surface area contributed by atoms with Gasteiger partial charge in [0, 0.05) is 10.5 Å². The van der Waals surface area contributed by atoms with E-state index in [0.29, 0.717) is 4.47 Å². The highest BCUT2D eigenvalue weighted by Crippen LogP contribution is 2.22. The minimum absolute atomic E-state index is 0.320. The van der Waals surface area contributed by atoms with Crippen LogP contribution in [0.5, 0.6) is 0 Å². The van der Waals surface area contributed by atoms with Crippen molar-refractivity contribution in [1.82, 2.24) is 0 Å². The molecule has 0 aliphatic rings. The second kappa shape index (κ2) is 3.53. The van der Waals surface area contributed by atoms with Gasteiger partial charge in [0.15, 0.2) is 0 Å². The summed E-state index contributed by atoms with van der Waals surface area (Å²) in [6.45, 7) is 0. The van der Waals surface area contributed by atoms with Crippen LogP contribution in [0.3, 0.4) is 0 Å². The first kappa shape index (κ1) is 9.66. The number of carboxylic acid groups (broad SMARTS) is 1. The molecule has 0 atom stereocenters. The zero-order valence-corrected chi connectivity index (χ0v) is 7.82. The predicted molar refractivity (Wildman–Crippen MR) is 47.8 cm³/mol. The average Bonchev–Trinajstić information content (AvgIpc) is 2.03. The maximum absolute atomic E-state index is 10.6. The van der Waals surface area contributed by atoms with Crippen LogP contribution < -0.4 is 0 Å². The Bertz CT molecular complexity index is 377. The quantitative estimate of drug-likeness (QED) is 0.639. The van der Waals surface area contributed by atoms with Crippen LogP contribution in [-0.2, 0) is 0 Å². The van der Waals surface area contributed by atoms with Gasteiger partial charge >= 0.3 is 5.97 Å². The Balaban J connectivity index is 3.35. The van der Waals surface area contributed by atoms with Gasteiger partial charge in [0.1, 0.15) is 5.56 Å². The molecule has 0 aromatic heterocycles. The first-order chi connectivity index (χ1) is 6.02. The minimum Gasteiger partial charge on any atom is -0.477 e. The fourth-order valence-electron chi connectivity index (χ4n) is 0.839. The molecule has 0 radical (unpaired) electrons. The van der Waals surface area contributed by atoms with E-state index in [2.05, 4.69) is 15.9 Å². The Labute approximate surface area is 81.3 Å². The molecule has 0 heterocycles. The fraction of sp³-hybridized carbons (Fsp3) is 0. The molecule has 1 aromatic carbocycles. The monoisotopic (exact) mass is 245 g/mol. The molecule has 5 nitrogen and oxygen atoms in total. The Morgan fingerprint density at radius 1 is 1.54 bits per heavy atom. The van der Waals surface area contributed by atoms with Crippen LogP contribution in [0.1, 0.15) is 10.4 Å². The van der Waals surface area contributed by atoms with Crippen LogP contribution in [0.15, 0.2) is 22.7 Å². The van der Waals surface area contributed by atoms with E-state index >= 15 is 0 Å². The number of halogens is 1. The van der Waals surface area contributed by atoms with Crippen molar-refractivity contribution in [2.75, 3.05) is 0 Å². The Morgan fingerprint density at radius 2 is 2.15 bits per heavy atom. The van der Waals surface area contributed by atoms with Crippen molar-refractivity contribution in [2.45, 2.75) is 0 Å². The van der Waals surface area contributed by atoms with Gasteiger partial charge in [0.25, 0.3) is 5.69 Å². The highest BCUT2D eigenvalue weighted by atomic mass is 79.9. The zero-order chi connectivity index (χ0) is 10.0. The summed E-state index contributed by atoms with van der Waals surface area (Å²) in [5.41, 5.74) is -0.727. The van der Waals surface area contributed by atoms with Crippen molar-refractivity contribution in [1.29, 1.82) is 0 Å². The van der Waals surface area contributed by atoms with Crippen LogP contribution >= 0.6 is 15.9 Å². The van der Waals surface area contributed by atoms with E-state index in [1.165, 1.54) is 12.1 Å². The number of carboxylic acids is 1. The predicted octanol–water partition coefficient (Wildman–Crippen LogP) is 2.06. The number of nitrogens with zero attached hydrogens (tertiary/aromatic N) is 1. The molecule has 0 saturated heterocycles. The van der Waals surface area contributed by atoms with E-state index in [4.69, 9.17) is 5.11 Å². The van der Waals surface area contributed by atoms with Gasteiger partial charge in [0.2, 0.25) is 0 Å². The number of benzene rings is 1. The van der Waals surface area contributed by atoms with E-state index in [-0.39, 0.29) is 5.56 Å². The average molecular weight is 246 g/mol. The molecular formula is C7H4BrNO4. The summed E-state index contributed by atoms with van der Waals surface area (Å²) >= 11 is 3.03. The molecule has 6 heteroatoms. The minimum atomic E-state index is -1.31. The van der Waals surface area contributed by atoms with Crippen molar-refractivity contribution in [2.24, 2.45) is 0 Å². The van der Waals surface area contributed by atoms with Crippen molar-refractivity contribution < 1.29 is 14.8 Å². The van der Waals surface area contributed by atoms with Crippen LogP contribution in [0, 0.1) is 10.1 Å².